The Labute approximate surface area is 494 Å². The number of amides is 7. The van der Waals surface area contributed by atoms with E-state index in [-0.39, 0.29) is 80.5 Å². The molecule has 3 aromatic carbocycles. The van der Waals surface area contributed by atoms with Crippen LogP contribution in [0.15, 0.2) is 79.0 Å². The number of likely N-dealkylation sites (tertiary alicyclic amines) is 1. The molecular weight excluding hydrogens is 1140 g/mol. The van der Waals surface area contributed by atoms with Crippen molar-refractivity contribution in [3.8, 4) is 11.5 Å². The van der Waals surface area contributed by atoms with Crippen LogP contribution in [0.4, 0.5) is 12.7 Å². The number of nitrogens with one attached hydrogen (secondary N) is 5. The average molecular weight is 1220 g/mol. The number of alkyl halides is 2. The molecule has 0 aliphatic carbocycles. The average Bonchev–Trinajstić information content (AvgIpc) is 3.47. The van der Waals surface area contributed by atoms with Gasteiger partial charge < -0.3 is 66.1 Å². The van der Waals surface area contributed by atoms with Crippen LogP contribution in [0.25, 0.3) is 10.9 Å². The Balaban J connectivity index is 0.000000958. The van der Waals surface area contributed by atoms with Crippen LogP contribution >= 0.6 is 0 Å². The van der Waals surface area contributed by atoms with E-state index in [4.69, 9.17) is 30.4 Å². The number of unbranched alkanes of at least 4 members (excludes halogenated alkanes) is 1. The Kier molecular flexibility index (Phi) is 33.8. The van der Waals surface area contributed by atoms with Crippen molar-refractivity contribution in [2.24, 2.45) is 11.5 Å². The zero-order valence-corrected chi connectivity index (χ0v) is 49.4. The predicted octanol–water partition coefficient (Wildman–Crippen LogP) is 4.06. The van der Waals surface area contributed by atoms with E-state index in [0.717, 1.165) is 24.2 Å². The number of nitrogens with zero attached hydrogens (tertiary/aromatic N) is 2. The number of primary amides is 1. The maximum absolute atomic E-state index is 13.5. The molecule has 1 aliphatic rings. The van der Waals surface area contributed by atoms with Crippen LogP contribution in [0.5, 0.6) is 11.5 Å². The summed E-state index contributed by atoms with van der Waals surface area (Å²) in [5, 5.41) is 14.2. The lowest BCUT2D eigenvalue weighted by Gasteiger charge is -2.18. The van der Waals surface area contributed by atoms with E-state index in [9.17, 15) is 54.6 Å². The molecular formula is C58H82F3N9O14S. The topological polar surface area (TPSA) is 328 Å². The van der Waals surface area contributed by atoms with Gasteiger partial charge in [0.15, 0.2) is 0 Å². The molecule has 1 aliphatic heterocycles. The van der Waals surface area contributed by atoms with Crippen molar-refractivity contribution in [2.45, 2.75) is 103 Å². The monoisotopic (exact) mass is 1220 g/mol. The quantitative estimate of drug-likeness (QED) is 0.0247. The maximum Gasteiger partial charge on any atom is 0.488 e. The van der Waals surface area contributed by atoms with Crippen LogP contribution in [0, 0.1) is 6.92 Å². The number of nitrogens with two attached hydrogens (primary N) is 2. The summed E-state index contributed by atoms with van der Waals surface area (Å²) in [4.78, 5) is 91.0. The molecule has 1 fully saturated rings. The second-order valence-corrected chi connectivity index (χ2v) is 20.1. The SMILES string of the molecule is CC.Cc1ccc(CCCC(=O)NC(CCCCN)C(=O)NCCOCCOCCOCCNC(=O)CCCC(=O)NCCOc2ccc3nccc(C(=O)NCC(=O)N4CCC(F)(F)C4)c3c2)cc1.NC(=O)Cc1ccc(OS(=O)(=O)F)cc1. The first kappa shape index (κ1) is 71.8. The van der Waals surface area contributed by atoms with Crippen LogP contribution in [0.3, 0.4) is 0 Å². The number of aryl methyl sites for hydroxylation is 2. The van der Waals surface area contributed by atoms with Crippen LogP contribution in [-0.4, -0.2) is 164 Å². The van der Waals surface area contributed by atoms with E-state index in [1.54, 1.807) is 18.2 Å². The second-order valence-electron chi connectivity index (χ2n) is 19.2. The standard InChI is InChI=1S/C48H68F2N8O10.C8H8FNO4S.C2H6/c1-35-11-13-36(14-12-35)6-4-10-44(61)57-41(7-2-3-19-51)47(64)55-22-26-66-29-31-67-30-28-65-25-21-53-42(59)8-5-9-43(60)54-23-27-68-37-15-16-40-39(32-37)38(17-20-52-40)46(63)56-33-45(62)58-24-18-48(49,50)34-58;9-15(12,13)14-7-3-1-6(2-4-7)5-8(10)11;1-2/h11-17,20,32,41H,2-10,18-19,21-31,33-34,51H2,1H3,(H,53,59)(H,54,60)(H,55,64)(H,56,63)(H,57,61);1-4H,5H2,(H2,10,11);1-2H3. The van der Waals surface area contributed by atoms with Gasteiger partial charge in [0, 0.05) is 56.9 Å². The Bertz CT molecular complexity index is 2820. The number of carbonyl (C=O) groups is 7. The number of pyridine rings is 1. The molecule has 7 amide bonds. The Hall–Kier alpha value is -7.46. The van der Waals surface area contributed by atoms with E-state index in [1.165, 1.54) is 47.7 Å². The minimum atomic E-state index is -5.00. The van der Waals surface area contributed by atoms with Crippen LogP contribution in [0.2, 0.25) is 0 Å². The van der Waals surface area contributed by atoms with Crippen LogP contribution in [0.1, 0.15) is 98.7 Å². The molecule has 1 atom stereocenters. The van der Waals surface area contributed by atoms with Gasteiger partial charge in [0.25, 0.3) is 11.8 Å². The van der Waals surface area contributed by atoms with Crippen LogP contribution in [-0.2, 0) is 66.3 Å². The third-order valence-electron chi connectivity index (χ3n) is 12.3. The molecule has 0 bridgehead atoms. The number of rotatable bonds is 37. The molecule has 0 spiro atoms. The molecule has 1 aromatic heterocycles. The summed E-state index contributed by atoms with van der Waals surface area (Å²) in [6, 6.07) is 19.4. The van der Waals surface area contributed by atoms with E-state index in [2.05, 4.69) is 60.0 Å². The van der Waals surface area contributed by atoms with Gasteiger partial charge >= 0.3 is 10.5 Å². The van der Waals surface area contributed by atoms with Crippen LogP contribution < -0.4 is 47.0 Å². The Morgan fingerprint density at radius 2 is 1.29 bits per heavy atom. The van der Waals surface area contributed by atoms with Crippen molar-refractivity contribution in [1.82, 2.24) is 36.5 Å². The fraction of sp³-hybridized carbons (Fsp3) is 0.517. The lowest BCUT2D eigenvalue weighted by atomic mass is 10.1. The summed E-state index contributed by atoms with van der Waals surface area (Å²) in [5.74, 6) is -5.17. The van der Waals surface area contributed by atoms with Crippen molar-refractivity contribution in [3.05, 3.63) is 101 Å². The van der Waals surface area contributed by atoms with E-state index in [1.807, 2.05) is 20.8 Å². The fourth-order valence-electron chi connectivity index (χ4n) is 8.06. The number of halogens is 3. The summed E-state index contributed by atoms with van der Waals surface area (Å²) in [6.45, 7) is 8.24. The maximum atomic E-state index is 13.5. The van der Waals surface area contributed by atoms with Gasteiger partial charge in [-0.05, 0) is 99.5 Å². The zero-order valence-electron chi connectivity index (χ0n) is 48.6. The number of carbonyl (C=O) groups excluding carboxylic acids is 7. The highest BCUT2D eigenvalue weighted by Crippen LogP contribution is 2.27. The minimum absolute atomic E-state index is 0.0304. The number of hydrogen-bond donors (Lipinski definition) is 7. The lowest BCUT2D eigenvalue weighted by molar-refractivity contribution is -0.130. The number of benzene rings is 3. The highest BCUT2D eigenvalue weighted by molar-refractivity contribution is 7.81. The summed E-state index contributed by atoms with van der Waals surface area (Å²) in [6.07, 6.45) is 5.56. The summed E-state index contributed by atoms with van der Waals surface area (Å²) >= 11 is 0. The van der Waals surface area contributed by atoms with E-state index in [0.29, 0.717) is 101 Å². The molecule has 0 saturated carbocycles. The first-order valence-corrected chi connectivity index (χ1v) is 29.6. The summed E-state index contributed by atoms with van der Waals surface area (Å²) in [5.41, 5.74) is 14.3. The largest absolute Gasteiger partial charge is 0.492 e. The van der Waals surface area contributed by atoms with Gasteiger partial charge in [0.05, 0.1) is 76.8 Å². The van der Waals surface area contributed by atoms with Gasteiger partial charge in [-0.15, -0.1) is 0 Å². The number of ether oxygens (including phenoxy) is 4. The number of aromatic nitrogens is 1. The van der Waals surface area contributed by atoms with Crippen molar-refractivity contribution in [2.75, 3.05) is 92.1 Å². The number of hydrogen-bond acceptors (Lipinski definition) is 16. The highest BCUT2D eigenvalue weighted by atomic mass is 32.3. The molecule has 85 heavy (non-hydrogen) atoms. The third-order valence-corrected chi connectivity index (χ3v) is 12.7. The fourth-order valence-corrected chi connectivity index (χ4v) is 8.40. The summed E-state index contributed by atoms with van der Waals surface area (Å²) < 4.78 is 85.5. The van der Waals surface area contributed by atoms with Gasteiger partial charge in [0.1, 0.15) is 24.1 Å². The molecule has 1 saturated heterocycles. The molecule has 9 N–H and O–H groups in total. The van der Waals surface area contributed by atoms with Gasteiger partial charge in [-0.25, -0.2) is 8.78 Å². The molecule has 2 heterocycles. The highest BCUT2D eigenvalue weighted by Gasteiger charge is 2.40. The predicted molar refractivity (Wildman–Crippen MR) is 311 cm³/mol. The second kappa shape index (κ2) is 40.0. The lowest BCUT2D eigenvalue weighted by Crippen LogP contribution is -2.47. The normalized spacial score (nSPS) is 12.8. The summed E-state index contributed by atoms with van der Waals surface area (Å²) in [7, 11) is -5.00. The third kappa shape index (κ3) is 31.3. The van der Waals surface area contributed by atoms with Crippen molar-refractivity contribution in [1.29, 1.82) is 0 Å². The molecule has 4 aromatic rings. The molecule has 27 heteroatoms. The molecule has 470 valence electrons. The number of fused-ring (bicyclic) bond motifs is 1. The van der Waals surface area contributed by atoms with Gasteiger partial charge in [0.2, 0.25) is 35.4 Å². The van der Waals surface area contributed by atoms with Crippen molar-refractivity contribution >= 4 is 62.8 Å². The van der Waals surface area contributed by atoms with Crippen molar-refractivity contribution in [3.63, 3.8) is 0 Å². The van der Waals surface area contributed by atoms with E-state index < -0.39 is 59.7 Å². The van der Waals surface area contributed by atoms with E-state index >= 15 is 0 Å². The minimum Gasteiger partial charge on any atom is -0.492 e. The Morgan fingerprint density at radius 1 is 0.706 bits per heavy atom. The molecule has 23 nitrogen and oxygen atoms in total. The molecule has 0 radical (unpaired) electrons. The van der Waals surface area contributed by atoms with Gasteiger partial charge in [-0.1, -0.05) is 59.7 Å². The smallest absolute Gasteiger partial charge is 0.488 e. The van der Waals surface area contributed by atoms with Crippen molar-refractivity contribution < 1.29 is 77.8 Å². The Morgan fingerprint density at radius 3 is 1.89 bits per heavy atom. The van der Waals surface area contributed by atoms with Gasteiger partial charge in [-0.3, -0.25) is 38.5 Å². The first-order valence-electron chi connectivity index (χ1n) is 28.3. The molecule has 1 unspecified atom stereocenters. The zero-order chi connectivity index (χ0) is 62.5. The molecule has 5 rings (SSSR count). The van der Waals surface area contributed by atoms with Gasteiger partial charge in [-0.2, -0.15) is 8.42 Å². The first-order chi connectivity index (χ1) is 40.7.